The van der Waals surface area contributed by atoms with Crippen molar-refractivity contribution in [3.8, 4) is 0 Å². The number of fused-ring (bicyclic) bond motifs is 1. The highest BCUT2D eigenvalue weighted by atomic mass is 35.5. The van der Waals surface area contributed by atoms with Crippen LogP contribution in [0.3, 0.4) is 0 Å². The van der Waals surface area contributed by atoms with E-state index >= 15 is 0 Å². The number of thiazole rings is 1. The third-order valence-electron chi connectivity index (χ3n) is 6.14. The molecule has 2 aliphatic heterocycles. The van der Waals surface area contributed by atoms with E-state index in [1.807, 2.05) is 28.4 Å². The van der Waals surface area contributed by atoms with Crippen molar-refractivity contribution < 1.29 is 4.79 Å². The lowest BCUT2D eigenvalue weighted by molar-refractivity contribution is 0.0713. The third kappa shape index (κ3) is 3.86. The standard InChI is InChI=1S/C23H24ClN3OS/c24-18-6-4-17(5-7-18)23(28)27-12-8-16(9-13-27)22-25-20-10-14-26(19-2-1-3-19)15-11-21(20)29-22/h1-7,16H,8-15H2. The topological polar surface area (TPSA) is 36.4 Å². The molecule has 1 saturated heterocycles. The first-order valence-electron chi connectivity index (χ1n) is 10.3. The molecule has 0 radical (unpaired) electrons. The first-order chi connectivity index (χ1) is 14.2. The van der Waals surface area contributed by atoms with E-state index in [0.717, 1.165) is 57.4 Å². The number of piperidine rings is 1. The van der Waals surface area contributed by atoms with Crippen LogP contribution in [0.1, 0.15) is 44.7 Å². The minimum atomic E-state index is 0.106. The highest BCUT2D eigenvalue weighted by Gasteiger charge is 2.28. The van der Waals surface area contributed by atoms with E-state index in [9.17, 15) is 4.79 Å². The molecule has 1 aliphatic carbocycles. The zero-order chi connectivity index (χ0) is 19.8. The summed E-state index contributed by atoms with van der Waals surface area (Å²) in [4.78, 5) is 23.7. The van der Waals surface area contributed by atoms with E-state index in [4.69, 9.17) is 16.6 Å². The van der Waals surface area contributed by atoms with Gasteiger partial charge in [-0.2, -0.15) is 0 Å². The van der Waals surface area contributed by atoms with E-state index in [1.54, 1.807) is 12.1 Å². The maximum atomic E-state index is 12.7. The summed E-state index contributed by atoms with van der Waals surface area (Å²) in [5, 5.41) is 1.94. The van der Waals surface area contributed by atoms with Crippen LogP contribution in [-0.4, -0.2) is 46.9 Å². The normalized spacial score (nSPS) is 19.4. The second-order valence-electron chi connectivity index (χ2n) is 7.93. The highest BCUT2D eigenvalue weighted by molar-refractivity contribution is 7.11. The number of hydrogen-bond acceptors (Lipinski definition) is 4. The number of carbonyl (C=O) groups is 1. The lowest BCUT2D eigenvalue weighted by atomic mass is 9.97. The molecule has 0 N–H and O–H groups in total. The van der Waals surface area contributed by atoms with E-state index in [-0.39, 0.29) is 5.91 Å². The second kappa shape index (κ2) is 7.96. The Hall–Kier alpha value is -2.11. The van der Waals surface area contributed by atoms with Crippen molar-refractivity contribution in [2.24, 2.45) is 0 Å². The Morgan fingerprint density at radius 2 is 1.79 bits per heavy atom. The van der Waals surface area contributed by atoms with Gasteiger partial charge in [-0.25, -0.2) is 4.98 Å². The van der Waals surface area contributed by atoms with Crippen LogP contribution in [0, 0.1) is 0 Å². The van der Waals surface area contributed by atoms with Gasteiger partial charge in [0.1, 0.15) is 0 Å². The molecule has 5 rings (SSSR count). The summed E-state index contributed by atoms with van der Waals surface area (Å²) >= 11 is 7.85. The second-order valence-corrected chi connectivity index (χ2v) is 9.48. The lowest BCUT2D eigenvalue weighted by Crippen LogP contribution is -2.37. The number of likely N-dealkylation sites (tertiary alicyclic amines) is 1. The van der Waals surface area contributed by atoms with Crippen LogP contribution >= 0.6 is 22.9 Å². The van der Waals surface area contributed by atoms with Gasteiger partial charge in [0.25, 0.3) is 5.91 Å². The van der Waals surface area contributed by atoms with Gasteiger partial charge in [0.15, 0.2) is 0 Å². The molecule has 1 aromatic heterocycles. The molecule has 3 aliphatic rings. The van der Waals surface area contributed by atoms with Crippen molar-refractivity contribution in [2.45, 2.75) is 31.6 Å². The molecule has 4 nitrogen and oxygen atoms in total. The average Bonchev–Trinajstić information content (AvgIpc) is 3.02. The number of rotatable bonds is 3. The van der Waals surface area contributed by atoms with Crippen LogP contribution in [0.25, 0.3) is 0 Å². The minimum Gasteiger partial charge on any atom is -0.371 e. The summed E-state index contributed by atoms with van der Waals surface area (Å²) in [5.41, 5.74) is 3.38. The number of halogens is 1. The Morgan fingerprint density at radius 3 is 2.48 bits per heavy atom. The van der Waals surface area contributed by atoms with Crippen LogP contribution in [0.4, 0.5) is 0 Å². The number of amides is 1. The van der Waals surface area contributed by atoms with Gasteiger partial charge < -0.3 is 9.80 Å². The van der Waals surface area contributed by atoms with Crippen LogP contribution in [0.5, 0.6) is 0 Å². The van der Waals surface area contributed by atoms with Crippen molar-refractivity contribution >= 4 is 28.8 Å². The molecule has 0 atom stereocenters. The number of hydrogen-bond donors (Lipinski definition) is 0. The zero-order valence-corrected chi connectivity index (χ0v) is 17.9. The number of carbonyl (C=O) groups excluding carboxylic acids is 1. The van der Waals surface area contributed by atoms with Crippen LogP contribution in [-0.2, 0) is 12.8 Å². The summed E-state index contributed by atoms with van der Waals surface area (Å²) in [7, 11) is 0. The number of allylic oxidation sites excluding steroid dienone is 3. The van der Waals surface area contributed by atoms with Gasteiger partial charge in [0.05, 0.1) is 10.7 Å². The van der Waals surface area contributed by atoms with Gasteiger partial charge in [-0.1, -0.05) is 17.7 Å². The first kappa shape index (κ1) is 18.9. The van der Waals surface area contributed by atoms with Gasteiger partial charge in [-0.15, -0.1) is 11.3 Å². The van der Waals surface area contributed by atoms with Crippen molar-refractivity contribution in [1.82, 2.24) is 14.8 Å². The fourth-order valence-corrected chi connectivity index (χ4v) is 5.71. The molecule has 1 fully saturated rings. The van der Waals surface area contributed by atoms with E-state index in [1.165, 1.54) is 21.3 Å². The van der Waals surface area contributed by atoms with Crippen LogP contribution < -0.4 is 0 Å². The maximum absolute atomic E-state index is 12.7. The summed E-state index contributed by atoms with van der Waals surface area (Å²) in [6.45, 7) is 3.73. The van der Waals surface area contributed by atoms with E-state index in [0.29, 0.717) is 10.9 Å². The molecule has 0 saturated carbocycles. The fraction of sp³-hybridized carbons (Fsp3) is 0.391. The van der Waals surface area contributed by atoms with Gasteiger partial charge in [-0.3, -0.25) is 4.79 Å². The Bertz CT molecular complexity index is 945. The van der Waals surface area contributed by atoms with Crippen molar-refractivity contribution in [2.75, 3.05) is 26.2 Å². The molecule has 6 heteroatoms. The highest BCUT2D eigenvalue weighted by Crippen LogP contribution is 2.35. The summed E-state index contributed by atoms with van der Waals surface area (Å²) in [6, 6.07) is 7.19. The van der Waals surface area contributed by atoms with Crippen molar-refractivity contribution in [3.63, 3.8) is 0 Å². The Morgan fingerprint density at radius 1 is 1.07 bits per heavy atom. The maximum Gasteiger partial charge on any atom is 0.253 e. The molecule has 0 unspecified atom stereocenters. The summed E-state index contributed by atoms with van der Waals surface area (Å²) < 4.78 is 0. The SMILES string of the molecule is O=C(c1ccc(Cl)cc1)N1CCC(c2nc3c(s2)CCN(C2=CC=C2)CC3)CC1. The lowest BCUT2D eigenvalue weighted by Gasteiger charge is -2.31. The summed E-state index contributed by atoms with van der Waals surface area (Å²) in [6.07, 6.45) is 10.6. The Balaban J connectivity index is 1.20. The molecule has 3 heterocycles. The first-order valence-corrected chi connectivity index (χ1v) is 11.5. The minimum absolute atomic E-state index is 0.106. The van der Waals surface area contributed by atoms with Gasteiger partial charge >= 0.3 is 0 Å². The molecular formula is C23H24ClN3OS. The summed E-state index contributed by atoms with van der Waals surface area (Å²) in [5.74, 6) is 0.587. The number of aromatic nitrogens is 1. The average molecular weight is 426 g/mol. The Kier molecular flexibility index (Phi) is 5.18. The van der Waals surface area contributed by atoms with Gasteiger partial charge in [-0.05, 0) is 49.3 Å². The fourth-order valence-electron chi connectivity index (χ4n) is 4.31. The van der Waals surface area contributed by atoms with Crippen molar-refractivity contribution in [3.05, 3.63) is 74.4 Å². The molecule has 1 aromatic carbocycles. The molecule has 0 spiro atoms. The molecule has 2 aromatic rings. The van der Waals surface area contributed by atoms with E-state index < -0.39 is 0 Å². The smallest absolute Gasteiger partial charge is 0.253 e. The predicted molar refractivity (Wildman–Crippen MR) is 118 cm³/mol. The molecule has 0 bridgehead atoms. The monoisotopic (exact) mass is 425 g/mol. The molecule has 150 valence electrons. The number of nitrogens with zero attached hydrogens (tertiary/aromatic N) is 3. The molecule has 1 amide bonds. The zero-order valence-electron chi connectivity index (χ0n) is 16.3. The largest absolute Gasteiger partial charge is 0.371 e. The van der Waals surface area contributed by atoms with E-state index in [2.05, 4.69) is 23.1 Å². The van der Waals surface area contributed by atoms with Gasteiger partial charge in [0.2, 0.25) is 0 Å². The molecule has 29 heavy (non-hydrogen) atoms. The quantitative estimate of drug-likeness (QED) is 0.716. The number of benzene rings is 1. The third-order valence-corrected chi connectivity index (χ3v) is 7.72. The van der Waals surface area contributed by atoms with Gasteiger partial charge in [0, 0.05) is 66.1 Å². The van der Waals surface area contributed by atoms with Crippen LogP contribution in [0.15, 0.2) is 48.2 Å². The predicted octanol–water partition coefficient (Wildman–Crippen LogP) is 4.67. The van der Waals surface area contributed by atoms with Crippen LogP contribution in [0.2, 0.25) is 5.02 Å². The van der Waals surface area contributed by atoms with Crippen molar-refractivity contribution in [1.29, 1.82) is 0 Å². The molecular weight excluding hydrogens is 402 g/mol. The Labute approximate surface area is 180 Å².